The van der Waals surface area contributed by atoms with Gasteiger partial charge in [-0.1, -0.05) is 13.3 Å². The first-order chi connectivity index (χ1) is 8.27. The SMILES string of the molecule is CCCC1CNC(C)CN1CCOCCOC. The maximum atomic E-state index is 5.55. The number of hydrogen-bond donors (Lipinski definition) is 1. The highest BCUT2D eigenvalue weighted by atomic mass is 16.5. The van der Waals surface area contributed by atoms with Crippen molar-refractivity contribution in [3.63, 3.8) is 0 Å². The molecule has 4 heteroatoms. The van der Waals surface area contributed by atoms with Crippen LogP contribution in [0.25, 0.3) is 0 Å². The van der Waals surface area contributed by atoms with Gasteiger partial charge in [-0.25, -0.2) is 0 Å². The highest BCUT2D eigenvalue weighted by Gasteiger charge is 2.24. The minimum Gasteiger partial charge on any atom is -0.382 e. The molecule has 17 heavy (non-hydrogen) atoms. The van der Waals surface area contributed by atoms with E-state index in [-0.39, 0.29) is 0 Å². The maximum absolute atomic E-state index is 5.55. The summed E-state index contributed by atoms with van der Waals surface area (Å²) in [5.74, 6) is 0. The zero-order valence-electron chi connectivity index (χ0n) is 11.6. The van der Waals surface area contributed by atoms with E-state index >= 15 is 0 Å². The van der Waals surface area contributed by atoms with Crippen LogP contribution in [0.3, 0.4) is 0 Å². The third kappa shape index (κ3) is 5.82. The number of nitrogens with one attached hydrogen (secondary N) is 1. The van der Waals surface area contributed by atoms with Crippen LogP contribution in [0.1, 0.15) is 26.7 Å². The van der Waals surface area contributed by atoms with E-state index in [9.17, 15) is 0 Å². The number of ether oxygens (including phenoxy) is 2. The predicted molar refractivity (Wildman–Crippen MR) is 70.4 cm³/mol. The van der Waals surface area contributed by atoms with Gasteiger partial charge < -0.3 is 14.8 Å². The minimum atomic E-state index is 0.599. The first-order valence-electron chi connectivity index (χ1n) is 6.82. The standard InChI is InChI=1S/C13H28N2O2/c1-4-5-13-10-14-12(2)11-15(13)6-7-17-9-8-16-3/h12-14H,4-11H2,1-3H3. The Morgan fingerprint density at radius 1 is 1.29 bits per heavy atom. The van der Waals surface area contributed by atoms with Gasteiger partial charge in [-0.05, 0) is 13.3 Å². The Morgan fingerprint density at radius 3 is 2.82 bits per heavy atom. The van der Waals surface area contributed by atoms with Gasteiger partial charge in [-0.3, -0.25) is 4.90 Å². The highest BCUT2D eigenvalue weighted by molar-refractivity contribution is 4.83. The lowest BCUT2D eigenvalue weighted by atomic mass is 10.1. The highest BCUT2D eigenvalue weighted by Crippen LogP contribution is 2.11. The van der Waals surface area contributed by atoms with E-state index in [1.165, 1.54) is 12.8 Å². The average molecular weight is 244 g/mol. The molecule has 1 N–H and O–H groups in total. The van der Waals surface area contributed by atoms with Crippen LogP contribution >= 0.6 is 0 Å². The summed E-state index contributed by atoms with van der Waals surface area (Å²) >= 11 is 0. The smallest absolute Gasteiger partial charge is 0.0700 e. The Kier molecular flexibility index (Phi) is 7.77. The summed E-state index contributed by atoms with van der Waals surface area (Å²) in [6.45, 7) is 10.0. The molecule has 0 bridgehead atoms. The minimum absolute atomic E-state index is 0.599. The molecular formula is C13H28N2O2. The van der Waals surface area contributed by atoms with Crippen LogP contribution in [0, 0.1) is 0 Å². The summed E-state index contributed by atoms with van der Waals surface area (Å²) in [6, 6.07) is 1.28. The van der Waals surface area contributed by atoms with Gasteiger partial charge in [-0.2, -0.15) is 0 Å². The second-order valence-electron chi connectivity index (χ2n) is 4.85. The molecule has 1 saturated heterocycles. The summed E-state index contributed by atoms with van der Waals surface area (Å²) in [7, 11) is 1.71. The Morgan fingerprint density at radius 2 is 2.12 bits per heavy atom. The van der Waals surface area contributed by atoms with Crippen molar-refractivity contribution in [2.45, 2.75) is 38.8 Å². The number of rotatable bonds is 8. The van der Waals surface area contributed by atoms with E-state index in [0.29, 0.717) is 25.3 Å². The van der Waals surface area contributed by atoms with Crippen LogP contribution in [0.4, 0.5) is 0 Å². The molecule has 0 aromatic carbocycles. The van der Waals surface area contributed by atoms with Crippen molar-refractivity contribution in [2.75, 3.05) is 46.6 Å². The van der Waals surface area contributed by atoms with Crippen molar-refractivity contribution in [3.8, 4) is 0 Å². The molecule has 4 nitrogen and oxygen atoms in total. The monoisotopic (exact) mass is 244 g/mol. The van der Waals surface area contributed by atoms with Crippen molar-refractivity contribution in [1.82, 2.24) is 10.2 Å². The molecule has 0 aliphatic carbocycles. The molecule has 1 aliphatic heterocycles. The van der Waals surface area contributed by atoms with E-state index < -0.39 is 0 Å². The van der Waals surface area contributed by atoms with Gasteiger partial charge >= 0.3 is 0 Å². The first-order valence-corrected chi connectivity index (χ1v) is 6.82. The summed E-state index contributed by atoms with van der Waals surface area (Å²) < 4.78 is 10.5. The summed E-state index contributed by atoms with van der Waals surface area (Å²) in [5, 5.41) is 3.56. The number of piperazine rings is 1. The van der Waals surface area contributed by atoms with Crippen molar-refractivity contribution in [1.29, 1.82) is 0 Å². The molecule has 0 saturated carbocycles. The zero-order chi connectivity index (χ0) is 12.5. The molecule has 0 aromatic heterocycles. The van der Waals surface area contributed by atoms with Crippen LogP contribution in [-0.2, 0) is 9.47 Å². The topological polar surface area (TPSA) is 33.7 Å². The molecule has 2 unspecified atom stereocenters. The molecule has 1 aliphatic rings. The Labute approximate surface area is 106 Å². The fourth-order valence-corrected chi connectivity index (χ4v) is 2.35. The predicted octanol–water partition coefficient (Wildman–Crippen LogP) is 1.11. The number of nitrogens with zero attached hydrogens (tertiary/aromatic N) is 1. The number of methoxy groups -OCH3 is 1. The summed E-state index contributed by atoms with van der Waals surface area (Å²) in [6.07, 6.45) is 2.53. The van der Waals surface area contributed by atoms with E-state index in [2.05, 4.69) is 24.1 Å². The third-order valence-corrected chi connectivity index (χ3v) is 3.30. The Bertz CT molecular complexity index is 190. The molecular weight excluding hydrogens is 216 g/mol. The van der Waals surface area contributed by atoms with Crippen LogP contribution < -0.4 is 5.32 Å². The zero-order valence-corrected chi connectivity index (χ0v) is 11.6. The first kappa shape index (κ1) is 14.9. The lowest BCUT2D eigenvalue weighted by Crippen LogP contribution is -2.56. The summed E-state index contributed by atoms with van der Waals surface area (Å²) in [4.78, 5) is 2.57. The van der Waals surface area contributed by atoms with E-state index in [1.54, 1.807) is 7.11 Å². The lowest BCUT2D eigenvalue weighted by molar-refractivity contribution is 0.0389. The van der Waals surface area contributed by atoms with Crippen molar-refractivity contribution >= 4 is 0 Å². The molecule has 0 amide bonds. The molecule has 2 atom stereocenters. The third-order valence-electron chi connectivity index (χ3n) is 3.30. The van der Waals surface area contributed by atoms with E-state index in [0.717, 1.165) is 26.2 Å². The molecule has 1 fully saturated rings. The molecule has 0 spiro atoms. The Hall–Kier alpha value is -0.160. The Balaban J connectivity index is 2.21. The van der Waals surface area contributed by atoms with Gasteiger partial charge in [0.05, 0.1) is 19.8 Å². The van der Waals surface area contributed by atoms with Gasteiger partial charge in [0.25, 0.3) is 0 Å². The molecule has 1 rings (SSSR count). The molecule has 102 valence electrons. The normalized spacial score (nSPS) is 26.3. The van der Waals surface area contributed by atoms with Crippen LogP contribution in [0.2, 0.25) is 0 Å². The van der Waals surface area contributed by atoms with Gasteiger partial charge in [0.15, 0.2) is 0 Å². The second kappa shape index (κ2) is 8.86. The van der Waals surface area contributed by atoms with Gasteiger partial charge in [0.2, 0.25) is 0 Å². The molecule has 1 heterocycles. The van der Waals surface area contributed by atoms with Gasteiger partial charge in [0, 0.05) is 38.8 Å². The number of hydrogen-bond acceptors (Lipinski definition) is 4. The maximum Gasteiger partial charge on any atom is 0.0700 e. The summed E-state index contributed by atoms with van der Waals surface area (Å²) in [5.41, 5.74) is 0. The van der Waals surface area contributed by atoms with Crippen LogP contribution in [-0.4, -0.2) is 63.5 Å². The van der Waals surface area contributed by atoms with Gasteiger partial charge in [-0.15, -0.1) is 0 Å². The fourth-order valence-electron chi connectivity index (χ4n) is 2.35. The average Bonchev–Trinajstić information content (AvgIpc) is 2.32. The van der Waals surface area contributed by atoms with Crippen LogP contribution in [0.5, 0.6) is 0 Å². The van der Waals surface area contributed by atoms with Crippen LogP contribution in [0.15, 0.2) is 0 Å². The quantitative estimate of drug-likeness (QED) is 0.649. The van der Waals surface area contributed by atoms with E-state index in [1.807, 2.05) is 0 Å². The fraction of sp³-hybridized carbons (Fsp3) is 1.00. The largest absolute Gasteiger partial charge is 0.382 e. The van der Waals surface area contributed by atoms with Crippen molar-refractivity contribution < 1.29 is 9.47 Å². The lowest BCUT2D eigenvalue weighted by Gasteiger charge is -2.39. The van der Waals surface area contributed by atoms with Crippen molar-refractivity contribution in [2.24, 2.45) is 0 Å². The van der Waals surface area contributed by atoms with Gasteiger partial charge in [0.1, 0.15) is 0 Å². The molecule has 0 radical (unpaired) electrons. The van der Waals surface area contributed by atoms with Crippen molar-refractivity contribution in [3.05, 3.63) is 0 Å². The van der Waals surface area contributed by atoms with E-state index in [4.69, 9.17) is 9.47 Å². The second-order valence-corrected chi connectivity index (χ2v) is 4.85. The molecule has 0 aromatic rings.